The molecule has 0 amide bonds. The fraction of sp³-hybridized carbons (Fsp3) is 0.519. The molecule has 1 aromatic carbocycles. The standard InChI is InChI=1S/C27H38FN7O/c1-19(2)35-18-21(17-30-35)26-20(3)16-29-27(32-26)31-22-7-8-25(24(28)15-22)34-12-9-23(10-13-34)33(4)11-5-6-14-36/h7-8,15-19,23,36H,5-6,9-14H2,1-4H3,(H,29,31,32). The van der Waals surface area contributed by atoms with Crippen molar-refractivity contribution in [1.82, 2.24) is 24.6 Å². The van der Waals surface area contributed by atoms with Gasteiger partial charge in [-0.1, -0.05) is 0 Å². The number of piperidine rings is 1. The van der Waals surface area contributed by atoms with Gasteiger partial charge < -0.3 is 20.2 Å². The van der Waals surface area contributed by atoms with Crippen molar-refractivity contribution >= 4 is 17.3 Å². The molecular formula is C27H38FN7O. The second-order valence-electron chi connectivity index (χ2n) is 9.95. The summed E-state index contributed by atoms with van der Waals surface area (Å²) in [7, 11) is 2.15. The molecule has 4 rings (SSSR count). The van der Waals surface area contributed by atoms with E-state index in [4.69, 9.17) is 5.11 Å². The van der Waals surface area contributed by atoms with Gasteiger partial charge in [0.15, 0.2) is 0 Å². The summed E-state index contributed by atoms with van der Waals surface area (Å²) in [6.07, 6.45) is 9.41. The van der Waals surface area contributed by atoms with Gasteiger partial charge in [-0.05, 0) is 83.8 Å². The first-order valence-electron chi connectivity index (χ1n) is 12.9. The van der Waals surface area contributed by atoms with E-state index in [9.17, 15) is 0 Å². The van der Waals surface area contributed by atoms with E-state index in [2.05, 4.69) is 51.1 Å². The summed E-state index contributed by atoms with van der Waals surface area (Å²) >= 11 is 0. The van der Waals surface area contributed by atoms with Crippen LogP contribution in [0.1, 0.15) is 51.1 Å². The molecule has 1 aliphatic heterocycles. The van der Waals surface area contributed by atoms with E-state index in [0.717, 1.165) is 62.1 Å². The van der Waals surface area contributed by atoms with Gasteiger partial charge in [0.2, 0.25) is 5.95 Å². The van der Waals surface area contributed by atoms with Crippen LogP contribution in [-0.2, 0) is 0 Å². The van der Waals surface area contributed by atoms with Gasteiger partial charge in [-0.2, -0.15) is 5.10 Å². The number of anilines is 3. The fourth-order valence-electron chi connectivity index (χ4n) is 4.71. The number of nitrogens with one attached hydrogen (secondary N) is 1. The van der Waals surface area contributed by atoms with Crippen LogP contribution >= 0.6 is 0 Å². The normalized spacial score (nSPS) is 14.7. The van der Waals surface area contributed by atoms with Gasteiger partial charge in [0.1, 0.15) is 5.82 Å². The first kappa shape index (κ1) is 26.0. The molecule has 8 nitrogen and oxygen atoms in total. The van der Waals surface area contributed by atoms with Gasteiger partial charge in [-0.3, -0.25) is 4.68 Å². The number of nitrogens with zero attached hydrogens (tertiary/aromatic N) is 6. The number of hydrogen-bond acceptors (Lipinski definition) is 7. The van der Waals surface area contributed by atoms with Crippen LogP contribution < -0.4 is 10.2 Å². The Kier molecular flexibility index (Phi) is 8.53. The van der Waals surface area contributed by atoms with Crippen molar-refractivity contribution in [2.45, 2.75) is 58.5 Å². The smallest absolute Gasteiger partial charge is 0.227 e. The lowest BCUT2D eigenvalue weighted by molar-refractivity contribution is 0.196. The van der Waals surface area contributed by atoms with Gasteiger partial charge >= 0.3 is 0 Å². The zero-order chi connectivity index (χ0) is 25.7. The second kappa shape index (κ2) is 11.8. The van der Waals surface area contributed by atoms with Gasteiger partial charge in [0.05, 0.1) is 17.6 Å². The van der Waals surface area contributed by atoms with Crippen LogP contribution in [0.25, 0.3) is 11.3 Å². The molecule has 0 spiro atoms. The molecule has 0 aliphatic carbocycles. The summed E-state index contributed by atoms with van der Waals surface area (Å²) in [6, 6.07) is 6.01. The quantitative estimate of drug-likeness (QED) is 0.392. The van der Waals surface area contributed by atoms with Crippen molar-refractivity contribution in [1.29, 1.82) is 0 Å². The highest BCUT2D eigenvalue weighted by Gasteiger charge is 2.24. The third-order valence-electron chi connectivity index (χ3n) is 6.93. The van der Waals surface area contributed by atoms with Gasteiger partial charge in [0.25, 0.3) is 0 Å². The van der Waals surface area contributed by atoms with Crippen LogP contribution in [0.15, 0.2) is 36.8 Å². The minimum absolute atomic E-state index is 0.248. The number of rotatable bonds is 10. The number of benzene rings is 1. The van der Waals surface area contributed by atoms with Crippen LogP contribution in [0, 0.1) is 12.7 Å². The number of halogens is 1. The Bertz CT molecular complexity index is 1140. The Morgan fingerprint density at radius 2 is 1.97 bits per heavy atom. The number of aliphatic hydroxyl groups excluding tert-OH is 1. The third kappa shape index (κ3) is 6.20. The molecule has 1 aliphatic rings. The van der Waals surface area contributed by atoms with E-state index < -0.39 is 0 Å². The molecule has 0 unspecified atom stereocenters. The Morgan fingerprint density at radius 1 is 1.19 bits per heavy atom. The first-order chi connectivity index (χ1) is 17.4. The summed E-state index contributed by atoms with van der Waals surface area (Å²) < 4.78 is 17.0. The molecule has 9 heteroatoms. The van der Waals surface area contributed by atoms with E-state index in [0.29, 0.717) is 23.4 Å². The molecule has 0 bridgehead atoms. The predicted molar refractivity (Wildman–Crippen MR) is 142 cm³/mol. The van der Waals surface area contributed by atoms with E-state index in [1.807, 2.05) is 36.1 Å². The van der Waals surface area contributed by atoms with E-state index in [1.165, 1.54) is 6.07 Å². The lowest BCUT2D eigenvalue weighted by Gasteiger charge is -2.38. The lowest BCUT2D eigenvalue weighted by atomic mass is 10.0. The highest BCUT2D eigenvalue weighted by molar-refractivity contribution is 5.65. The van der Waals surface area contributed by atoms with Gasteiger partial charge in [-0.15, -0.1) is 0 Å². The summed E-state index contributed by atoms with van der Waals surface area (Å²) in [5, 5.41) is 16.6. The average molecular weight is 496 g/mol. The molecule has 0 atom stereocenters. The fourth-order valence-corrected chi connectivity index (χ4v) is 4.71. The van der Waals surface area contributed by atoms with Gasteiger partial charge in [0, 0.05) is 55.4 Å². The topological polar surface area (TPSA) is 82.3 Å². The largest absolute Gasteiger partial charge is 0.396 e. The number of aliphatic hydroxyl groups is 1. The van der Waals surface area contributed by atoms with E-state index >= 15 is 4.39 Å². The van der Waals surface area contributed by atoms with Crippen molar-refractivity contribution in [2.75, 3.05) is 43.5 Å². The summed E-state index contributed by atoms with van der Waals surface area (Å²) in [4.78, 5) is 13.6. The Labute approximate surface area is 213 Å². The Morgan fingerprint density at radius 3 is 2.64 bits per heavy atom. The van der Waals surface area contributed by atoms with Crippen LogP contribution in [-0.4, -0.2) is 69.1 Å². The molecule has 3 aromatic rings. The number of aryl methyl sites for hydroxylation is 1. The summed E-state index contributed by atoms with van der Waals surface area (Å²) in [6.45, 7) is 9.02. The van der Waals surface area contributed by atoms with Crippen LogP contribution in [0.2, 0.25) is 0 Å². The molecule has 1 saturated heterocycles. The van der Waals surface area contributed by atoms with E-state index in [1.54, 1.807) is 6.20 Å². The predicted octanol–water partition coefficient (Wildman–Crippen LogP) is 4.79. The third-order valence-corrected chi connectivity index (χ3v) is 6.93. The second-order valence-corrected chi connectivity index (χ2v) is 9.95. The summed E-state index contributed by atoms with van der Waals surface area (Å²) in [5.41, 5.74) is 3.93. The number of unbranched alkanes of at least 4 members (excludes halogenated alkanes) is 1. The molecule has 2 N–H and O–H groups in total. The highest BCUT2D eigenvalue weighted by Crippen LogP contribution is 2.29. The molecule has 0 radical (unpaired) electrons. The molecule has 2 aromatic heterocycles. The van der Waals surface area contributed by atoms with Crippen LogP contribution in [0.3, 0.4) is 0 Å². The molecule has 0 saturated carbocycles. The maximum Gasteiger partial charge on any atom is 0.227 e. The van der Waals surface area contributed by atoms with Crippen molar-refractivity contribution < 1.29 is 9.50 Å². The summed E-state index contributed by atoms with van der Waals surface area (Å²) in [5.74, 6) is 0.172. The SMILES string of the molecule is Cc1cnc(Nc2ccc(N3CCC(N(C)CCCCO)CC3)c(F)c2)nc1-c1cnn(C(C)C)c1. The minimum atomic E-state index is -0.250. The Hall–Kier alpha value is -3.04. The van der Waals surface area contributed by atoms with Crippen molar-refractivity contribution in [3.63, 3.8) is 0 Å². The number of aromatic nitrogens is 4. The minimum Gasteiger partial charge on any atom is -0.396 e. The highest BCUT2D eigenvalue weighted by atomic mass is 19.1. The maximum atomic E-state index is 15.1. The molecule has 3 heterocycles. The zero-order valence-corrected chi connectivity index (χ0v) is 21.8. The van der Waals surface area contributed by atoms with Crippen LogP contribution in [0.5, 0.6) is 0 Å². The monoisotopic (exact) mass is 495 g/mol. The molecule has 36 heavy (non-hydrogen) atoms. The van der Waals surface area contributed by atoms with Crippen LogP contribution in [0.4, 0.5) is 21.7 Å². The van der Waals surface area contributed by atoms with Crippen molar-refractivity contribution in [3.05, 3.63) is 48.2 Å². The average Bonchev–Trinajstić information content (AvgIpc) is 3.36. The van der Waals surface area contributed by atoms with Gasteiger partial charge in [-0.25, -0.2) is 14.4 Å². The molecular weight excluding hydrogens is 457 g/mol. The number of hydrogen-bond donors (Lipinski definition) is 2. The van der Waals surface area contributed by atoms with E-state index in [-0.39, 0.29) is 18.5 Å². The van der Waals surface area contributed by atoms with Crippen molar-refractivity contribution in [3.8, 4) is 11.3 Å². The maximum absolute atomic E-state index is 15.1. The Balaban J connectivity index is 1.40. The lowest BCUT2D eigenvalue weighted by Crippen LogP contribution is -2.44. The van der Waals surface area contributed by atoms with Crippen molar-refractivity contribution in [2.24, 2.45) is 0 Å². The first-order valence-corrected chi connectivity index (χ1v) is 12.9. The molecule has 1 fully saturated rings. The molecule has 194 valence electrons. The zero-order valence-electron chi connectivity index (χ0n) is 21.8.